The lowest BCUT2D eigenvalue weighted by atomic mass is 10.1. The van der Waals surface area contributed by atoms with Crippen LogP contribution in [0.15, 0.2) is 59.5 Å². The predicted octanol–water partition coefficient (Wildman–Crippen LogP) is 3.44. The average molecular weight is 383 g/mol. The molecule has 0 radical (unpaired) electrons. The van der Waals surface area contributed by atoms with Crippen molar-refractivity contribution in [2.75, 3.05) is 13.2 Å². The van der Waals surface area contributed by atoms with Crippen LogP contribution in [0.3, 0.4) is 0 Å². The summed E-state index contributed by atoms with van der Waals surface area (Å²) in [5.41, 5.74) is 0.773. The fraction of sp³-hybridized carbons (Fsp3) is 0.333. The van der Waals surface area contributed by atoms with Crippen molar-refractivity contribution in [3.63, 3.8) is 0 Å². The molecule has 1 aliphatic heterocycles. The van der Waals surface area contributed by atoms with E-state index in [1.807, 2.05) is 30.3 Å². The molecule has 0 bridgehead atoms. The van der Waals surface area contributed by atoms with Crippen LogP contribution in [0.25, 0.3) is 0 Å². The fourth-order valence-electron chi connectivity index (χ4n) is 2.96. The van der Waals surface area contributed by atoms with Crippen LogP contribution in [0.4, 0.5) is 8.78 Å². The van der Waals surface area contributed by atoms with Crippen molar-refractivity contribution in [2.45, 2.75) is 30.6 Å². The Labute approximate surface area is 151 Å². The number of para-hydroxylation sites is 1. The highest BCUT2D eigenvalue weighted by Gasteiger charge is 2.38. The highest BCUT2D eigenvalue weighted by atomic mass is 32.2. The van der Waals surface area contributed by atoms with E-state index in [-0.39, 0.29) is 29.9 Å². The SMILES string of the molecule is CC1CN(S(=O)(=O)c2ccccc2OC(F)F)C(c2ccccc2)CO1. The minimum Gasteiger partial charge on any atom is -0.433 e. The molecule has 8 heteroatoms. The molecular weight excluding hydrogens is 364 g/mol. The lowest BCUT2D eigenvalue weighted by Gasteiger charge is -2.38. The smallest absolute Gasteiger partial charge is 0.387 e. The van der Waals surface area contributed by atoms with Crippen molar-refractivity contribution in [3.8, 4) is 5.75 Å². The molecule has 0 N–H and O–H groups in total. The number of halogens is 2. The predicted molar refractivity (Wildman–Crippen MR) is 91.6 cm³/mol. The van der Waals surface area contributed by atoms with Gasteiger partial charge in [-0.25, -0.2) is 8.42 Å². The molecule has 1 aliphatic rings. The molecule has 0 spiro atoms. The first-order valence-electron chi connectivity index (χ1n) is 8.12. The van der Waals surface area contributed by atoms with Gasteiger partial charge in [0.1, 0.15) is 10.6 Å². The molecule has 3 rings (SSSR count). The monoisotopic (exact) mass is 383 g/mol. The Balaban J connectivity index is 2.03. The molecular formula is C18H19F2NO4S. The Bertz CT molecular complexity index is 845. The lowest BCUT2D eigenvalue weighted by molar-refractivity contribution is -0.0520. The zero-order chi connectivity index (χ0) is 18.7. The van der Waals surface area contributed by atoms with Crippen LogP contribution in [-0.2, 0) is 14.8 Å². The first-order chi connectivity index (χ1) is 12.4. The Morgan fingerprint density at radius 1 is 1.12 bits per heavy atom. The molecule has 0 aliphatic carbocycles. The highest BCUT2D eigenvalue weighted by Crippen LogP contribution is 2.35. The fourth-order valence-corrected chi connectivity index (χ4v) is 4.76. The van der Waals surface area contributed by atoms with E-state index in [0.29, 0.717) is 0 Å². The number of alkyl halides is 2. The topological polar surface area (TPSA) is 55.8 Å². The summed E-state index contributed by atoms with van der Waals surface area (Å²) in [7, 11) is -4.07. The molecule has 5 nitrogen and oxygen atoms in total. The van der Waals surface area contributed by atoms with E-state index in [4.69, 9.17) is 4.74 Å². The number of rotatable bonds is 5. The van der Waals surface area contributed by atoms with Gasteiger partial charge >= 0.3 is 6.61 Å². The molecule has 140 valence electrons. The summed E-state index contributed by atoms with van der Waals surface area (Å²) in [5, 5.41) is 0. The Kier molecular flexibility index (Phi) is 5.55. The van der Waals surface area contributed by atoms with Gasteiger partial charge in [-0.2, -0.15) is 13.1 Å². The van der Waals surface area contributed by atoms with Crippen LogP contribution in [-0.4, -0.2) is 38.6 Å². The molecule has 1 heterocycles. The van der Waals surface area contributed by atoms with Crippen molar-refractivity contribution >= 4 is 10.0 Å². The van der Waals surface area contributed by atoms with Gasteiger partial charge in [-0.3, -0.25) is 0 Å². The molecule has 26 heavy (non-hydrogen) atoms. The first-order valence-corrected chi connectivity index (χ1v) is 9.56. The maximum absolute atomic E-state index is 13.3. The quantitative estimate of drug-likeness (QED) is 0.794. The Morgan fingerprint density at radius 2 is 1.77 bits per heavy atom. The summed E-state index contributed by atoms with van der Waals surface area (Å²) < 4.78 is 63.3. The second-order valence-corrected chi connectivity index (χ2v) is 7.83. The van der Waals surface area contributed by atoms with Crippen LogP contribution in [0, 0.1) is 0 Å². The molecule has 1 saturated heterocycles. The molecule has 2 aromatic carbocycles. The van der Waals surface area contributed by atoms with Crippen LogP contribution in [0.1, 0.15) is 18.5 Å². The van der Waals surface area contributed by atoms with Gasteiger partial charge in [0.25, 0.3) is 0 Å². The zero-order valence-corrected chi connectivity index (χ0v) is 14.9. The normalized spacial score (nSPS) is 21.7. The third kappa shape index (κ3) is 3.87. The minimum atomic E-state index is -4.07. The van der Waals surface area contributed by atoms with Gasteiger partial charge in [-0.15, -0.1) is 0 Å². The lowest BCUT2D eigenvalue weighted by Crippen LogP contribution is -2.46. The Morgan fingerprint density at radius 3 is 2.46 bits per heavy atom. The summed E-state index contributed by atoms with van der Waals surface area (Å²) >= 11 is 0. The van der Waals surface area contributed by atoms with E-state index in [1.54, 1.807) is 6.92 Å². The number of morpholine rings is 1. The number of hydrogen-bond acceptors (Lipinski definition) is 4. The van der Waals surface area contributed by atoms with Gasteiger partial charge in [0.05, 0.1) is 18.8 Å². The molecule has 1 fully saturated rings. The van der Waals surface area contributed by atoms with Crippen molar-refractivity contribution in [3.05, 3.63) is 60.2 Å². The van der Waals surface area contributed by atoms with E-state index >= 15 is 0 Å². The third-order valence-corrected chi connectivity index (χ3v) is 6.07. The molecule has 2 unspecified atom stereocenters. The number of nitrogens with zero attached hydrogens (tertiary/aromatic N) is 1. The average Bonchev–Trinajstić information content (AvgIpc) is 2.62. The van der Waals surface area contributed by atoms with E-state index in [0.717, 1.165) is 5.56 Å². The van der Waals surface area contributed by atoms with Crippen LogP contribution in [0.2, 0.25) is 0 Å². The molecule has 2 atom stereocenters. The minimum absolute atomic E-state index is 0.116. The van der Waals surface area contributed by atoms with Gasteiger partial charge < -0.3 is 9.47 Å². The van der Waals surface area contributed by atoms with Crippen molar-refractivity contribution in [1.82, 2.24) is 4.31 Å². The number of sulfonamides is 1. The van der Waals surface area contributed by atoms with E-state index < -0.39 is 22.7 Å². The molecule has 0 saturated carbocycles. The summed E-state index contributed by atoms with van der Waals surface area (Å²) in [6.45, 7) is -1.04. The largest absolute Gasteiger partial charge is 0.433 e. The Hall–Kier alpha value is -2.03. The highest BCUT2D eigenvalue weighted by molar-refractivity contribution is 7.89. The third-order valence-electron chi connectivity index (χ3n) is 4.16. The van der Waals surface area contributed by atoms with E-state index in [2.05, 4.69) is 4.74 Å². The standard InChI is InChI=1S/C18H19F2NO4S/c1-13-11-21(15(12-24-13)14-7-3-2-4-8-14)26(22,23)17-10-6-5-9-16(17)25-18(19)20/h2-10,13,15,18H,11-12H2,1H3. The second-order valence-electron chi connectivity index (χ2n) is 5.97. The van der Waals surface area contributed by atoms with Crippen molar-refractivity contribution < 1.29 is 26.7 Å². The second kappa shape index (κ2) is 7.69. The van der Waals surface area contributed by atoms with Gasteiger partial charge in [0.2, 0.25) is 10.0 Å². The summed E-state index contributed by atoms with van der Waals surface area (Å²) in [5.74, 6) is -0.367. The molecule has 0 aromatic heterocycles. The maximum atomic E-state index is 13.3. The van der Waals surface area contributed by atoms with Gasteiger partial charge in [0.15, 0.2) is 0 Å². The van der Waals surface area contributed by atoms with E-state index in [9.17, 15) is 17.2 Å². The first kappa shape index (κ1) is 18.8. The van der Waals surface area contributed by atoms with Crippen LogP contribution in [0.5, 0.6) is 5.75 Å². The number of benzene rings is 2. The summed E-state index contributed by atoms with van der Waals surface area (Å²) in [6, 6.07) is 14.0. The van der Waals surface area contributed by atoms with Gasteiger partial charge in [-0.05, 0) is 24.6 Å². The van der Waals surface area contributed by atoms with Crippen LogP contribution < -0.4 is 4.74 Å². The van der Waals surface area contributed by atoms with Crippen molar-refractivity contribution in [1.29, 1.82) is 0 Å². The van der Waals surface area contributed by atoms with Gasteiger partial charge in [0, 0.05) is 6.54 Å². The van der Waals surface area contributed by atoms with Crippen molar-refractivity contribution in [2.24, 2.45) is 0 Å². The van der Waals surface area contributed by atoms with Gasteiger partial charge in [-0.1, -0.05) is 42.5 Å². The van der Waals surface area contributed by atoms with Crippen LogP contribution >= 0.6 is 0 Å². The summed E-state index contributed by atoms with van der Waals surface area (Å²) in [6.07, 6.45) is -0.312. The number of ether oxygens (including phenoxy) is 2. The van der Waals surface area contributed by atoms with E-state index in [1.165, 1.54) is 28.6 Å². The molecule has 2 aromatic rings. The zero-order valence-electron chi connectivity index (χ0n) is 14.1. The molecule has 0 amide bonds. The summed E-state index contributed by atoms with van der Waals surface area (Å²) in [4.78, 5) is -0.282. The maximum Gasteiger partial charge on any atom is 0.387 e. The number of hydrogen-bond donors (Lipinski definition) is 0.